The van der Waals surface area contributed by atoms with Crippen LogP contribution in [-0.2, 0) is 11.8 Å². The van der Waals surface area contributed by atoms with Gasteiger partial charge < -0.3 is 9.88 Å². The molecule has 0 bridgehead atoms. The molecule has 1 rings (SSSR count). The highest BCUT2D eigenvalue weighted by Crippen LogP contribution is 1.89. The number of nitrogens with one attached hydrogen (secondary N) is 2. The molecule has 0 unspecified atom stereocenters. The van der Waals surface area contributed by atoms with E-state index in [4.69, 9.17) is 0 Å². The zero-order chi connectivity index (χ0) is 13.7. The predicted molar refractivity (Wildman–Crippen MR) is 67.0 cm³/mol. The molecule has 1 amide bonds. The Labute approximate surface area is 104 Å². The molecule has 0 spiro atoms. The molecule has 96 valence electrons. The maximum atomic E-state index is 11.4. The number of hydrogen-bond acceptors (Lipinski definition) is 3. The van der Waals surface area contributed by atoms with Gasteiger partial charge in [-0.15, -0.1) is 0 Å². The summed E-state index contributed by atoms with van der Waals surface area (Å²) in [5.41, 5.74) is -0.824. The van der Waals surface area contributed by atoms with E-state index >= 15 is 0 Å². The number of carbonyl (C=O) groups excluding carboxylic acids is 1. The first kappa shape index (κ1) is 13.8. The smallest absolute Gasteiger partial charge is 0.328 e. The van der Waals surface area contributed by atoms with Gasteiger partial charge in [0.05, 0.1) is 6.54 Å². The van der Waals surface area contributed by atoms with Crippen LogP contribution in [-0.4, -0.2) is 22.0 Å². The molecule has 0 aromatic carbocycles. The summed E-state index contributed by atoms with van der Waals surface area (Å²) in [7, 11) is 1.52. The van der Waals surface area contributed by atoms with Gasteiger partial charge in [0, 0.05) is 19.2 Å². The Balaban J connectivity index is 2.75. The van der Waals surface area contributed by atoms with Crippen LogP contribution in [0.3, 0.4) is 0 Å². The van der Waals surface area contributed by atoms with Crippen LogP contribution in [0.1, 0.15) is 19.4 Å². The molecule has 0 saturated heterocycles. The third-order valence-electron chi connectivity index (χ3n) is 2.21. The molecule has 18 heavy (non-hydrogen) atoms. The predicted octanol–water partition coefficient (Wildman–Crippen LogP) is -0.803. The SMILES string of the molecule is CC(C)C(=O)NCC#Cc1cn(C)c(=O)[nH]c1=O. The van der Waals surface area contributed by atoms with Crippen molar-refractivity contribution in [2.75, 3.05) is 6.54 Å². The van der Waals surface area contributed by atoms with Crippen LogP contribution in [0.4, 0.5) is 0 Å². The lowest BCUT2D eigenvalue weighted by Crippen LogP contribution is -2.29. The Morgan fingerprint density at radius 1 is 1.50 bits per heavy atom. The van der Waals surface area contributed by atoms with E-state index in [-0.39, 0.29) is 23.9 Å². The molecular formula is C12H15N3O3. The highest BCUT2D eigenvalue weighted by atomic mass is 16.2. The molecule has 0 aliphatic heterocycles. The van der Waals surface area contributed by atoms with Crippen molar-refractivity contribution in [2.24, 2.45) is 13.0 Å². The Hall–Kier alpha value is -2.29. The number of aryl methyl sites for hydroxylation is 1. The van der Waals surface area contributed by atoms with Gasteiger partial charge in [-0.3, -0.25) is 14.6 Å². The van der Waals surface area contributed by atoms with E-state index in [1.165, 1.54) is 17.8 Å². The van der Waals surface area contributed by atoms with Crippen molar-refractivity contribution < 1.29 is 4.79 Å². The van der Waals surface area contributed by atoms with E-state index in [9.17, 15) is 14.4 Å². The normalized spacial score (nSPS) is 9.78. The van der Waals surface area contributed by atoms with Crippen LogP contribution in [0.15, 0.2) is 15.8 Å². The number of nitrogens with zero attached hydrogens (tertiary/aromatic N) is 1. The van der Waals surface area contributed by atoms with Crippen LogP contribution in [0, 0.1) is 17.8 Å². The Bertz CT molecular complexity index is 614. The summed E-state index contributed by atoms with van der Waals surface area (Å²) < 4.78 is 1.23. The van der Waals surface area contributed by atoms with Crippen molar-refractivity contribution in [1.29, 1.82) is 0 Å². The van der Waals surface area contributed by atoms with Gasteiger partial charge in [-0.25, -0.2) is 4.79 Å². The Morgan fingerprint density at radius 2 is 2.17 bits per heavy atom. The van der Waals surface area contributed by atoms with E-state index < -0.39 is 11.2 Å². The maximum Gasteiger partial charge on any atom is 0.328 e. The van der Waals surface area contributed by atoms with Crippen LogP contribution < -0.4 is 16.6 Å². The molecule has 0 saturated carbocycles. The van der Waals surface area contributed by atoms with Crippen molar-refractivity contribution in [1.82, 2.24) is 14.9 Å². The van der Waals surface area contributed by atoms with Gasteiger partial charge in [0.1, 0.15) is 5.56 Å². The lowest BCUT2D eigenvalue weighted by atomic mass is 10.2. The minimum Gasteiger partial charge on any atom is -0.345 e. The van der Waals surface area contributed by atoms with Gasteiger partial charge in [0.2, 0.25) is 5.91 Å². The number of carbonyl (C=O) groups is 1. The summed E-state index contributed by atoms with van der Waals surface area (Å²) in [6.45, 7) is 3.72. The second kappa shape index (κ2) is 5.87. The fourth-order valence-corrected chi connectivity index (χ4v) is 1.13. The summed E-state index contributed by atoms with van der Waals surface area (Å²) in [6, 6.07) is 0. The molecular weight excluding hydrogens is 234 g/mol. The number of aromatic nitrogens is 2. The molecule has 1 heterocycles. The second-order valence-electron chi connectivity index (χ2n) is 4.09. The van der Waals surface area contributed by atoms with E-state index in [0.29, 0.717) is 0 Å². The zero-order valence-corrected chi connectivity index (χ0v) is 10.5. The first-order valence-electron chi connectivity index (χ1n) is 5.48. The van der Waals surface area contributed by atoms with Crippen molar-refractivity contribution in [2.45, 2.75) is 13.8 Å². The molecule has 2 N–H and O–H groups in total. The third kappa shape index (κ3) is 3.63. The lowest BCUT2D eigenvalue weighted by molar-refractivity contribution is -0.123. The van der Waals surface area contributed by atoms with Gasteiger partial charge in [0.25, 0.3) is 5.56 Å². The molecule has 0 aliphatic rings. The Morgan fingerprint density at radius 3 is 2.78 bits per heavy atom. The minimum atomic E-state index is -0.527. The van der Waals surface area contributed by atoms with Gasteiger partial charge in [-0.1, -0.05) is 25.7 Å². The number of hydrogen-bond donors (Lipinski definition) is 2. The summed E-state index contributed by atoms with van der Waals surface area (Å²) in [6.07, 6.45) is 1.36. The molecule has 0 fully saturated rings. The van der Waals surface area contributed by atoms with Crippen LogP contribution in [0.2, 0.25) is 0 Å². The first-order valence-corrected chi connectivity index (χ1v) is 5.48. The van der Waals surface area contributed by atoms with E-state index in [1.807, 2.05) is 0 Å². The van der Waals surface area contributed by atoms with E-state index in [1.54, 1.807) is 13.8 Å². The largest absolute Gasteiger partial charge is 0.345 e. The molecule has 0 radical (unpaired) electrons. The third-order valence-corrected chi connectivity index (χ3v) is 2.21. The van der Waals surface area contributed by atoms with Gasteiger partial charge in [-0.2, -0.15) is 0 Å². The number of aromatic amines is 1. The zero-order valence-electron chi connectivity index (χ0n) is 10.5. The molecule has 1 aromatic heterocycles. The first-order chi connectivity index (χ1) is 8.41. The molecule has 1 aromatic rings. The van der Waals surface area contributed by atoms with Gasteiger partial charge in [0.15, 0.2) is 0 Å². The molecule has 0 aliphatic carbocycles. The van der Waals surface area contributed by atoms with Crippen molar-refractivity contribution in [3.8, 4) is 11.8 Å². The van der Waals surface area contributed by atoms with E-state index in [2.05, 4.69) is 22.1 Å². The standard InChI is InChI=1S/C12H15N3O3/c1-8(2)10(16)13-6-4-5-9-7-15(3)12(18)14-11(9)17/h7-8H,6H2,1-3H3,(H,13,16)(H,14,17,18). The fourth-order valence-electron chi connectivity index (χ4n) is 1.13. The summed E-state index contributed by atoms with van der Waals surface area (Å²) >= 11 is 0. The average molecular weight is 249 g/mol. The van der Waals surface area contributed by atoms with Crippen molar-refractivity contribution in [3.05, 3.63) is 32.6 Å². The topological polar surface area (TPSA) is 84.0 Å². The average Bonchev–Trinajstić information content (AvgIpc) is 2.30. The van der Waals surface area contributed by atoms with Crippen LogP contribution in [0.25, 0.3) is 0 Å². The molecule has 6 heteroatoms. The van der Waals surface area contributed by atoms with Crippen molar-refractivity contribution >= 4 is 5.91 Å². The lowest BCUT2D eigenvalue weighted by Gasteiger charge is -2.02. The highest BCUT2D eigenvalue weighted by Gasteiger charge is 2.03. The quantitative estimate of drug-likeness (QED) is 0.673. The number of H-pyrrole nitrogens is 1. The number of amides is 1. The van der Waals surface area contributed by atoms with Crippen LogP contribution in [0.5, 0.6) is 0 Å². The maximum absolute atomic E-state index is 11.4. The van der Waals surface area contributed by atoms with Gasteiger partial charge >= 0.3 is 5.69 Å². The Kier molecular flexibility index (Phi) is 4.49. The van der Waals surface area contributed by atoms with Crippen molar-refractivity contribution in [3.63, 3.8) is 0 Å². The summed E-state index contributed by atoms with van der Waals surface area (Å²) in [4.78, 5) is 35.8. The van der Waals surface area contributed by atoms with Gasteiger partial charge in [-0.05, 0) is 0 Å². The van der Waals surface area contributed by atoms with E-state index in [0.717, 1.165) is 0 Å². The monoisotopic (exact) mass is 249 g/mol. The minimum absolute atomic E-state index is 0.0985. The highest BCUT2D eigenvalue weighted by molar-refractivity contribution is 5.78. The summed E-state index contributed by atoms with van der Waals surface area (Å²) in [5.74, 6) is 5.06. The summed E-state index contributed by atoms with van der Waals surface area (Å²) in [5, 5.41) is 2.60. The molecule has 0 atom stereocenters. The number of rotatable bonds is 2. The molecule has 6 nitrogen and oxygen atoms in total. The second-order valence-corrected chi connectivity index (χ2v) is 4.09. The fraction of sp³-hybridized carbons (Fsp3) is 0.417. The van der Waals surface area contributed by atoms with Crippen LogP contribution >= 0.6 is 0 Å².